The van der Waals surface area contributed by atoms with Gasteiger partial charge in [0, 0.05) is 50.2 Å². The van der Waals surface area contributed by atoms with Gasteiger partial charge in [-0.25, -0.2) is 0 Å². The number of benzene rings is 1. The number of aryl methyl sites for hydroxylation is 1. The van der Waals surface area contributed by atoms with Gasteiger partial charge in [-0.1, -0.05) is 0 Å². The van der Waals surface area contributed by atoms with Crippen molar-refractivity contribution in [3.63, 3.8) is 0 Å². The number of ketones is 2. The second kappa shape index (κ2) is 8.78. The van der Waals surface area contributed by atoms with E-state index in [1.807, 2.05) is 13.0 Å². The maximum absolute atomic E-state index is 13.3. The molecule has 1 saturated heterocycles. The first kappa shape index (κ1) is 22.7. The van der Waals surface area contributed by atoms with Gasteiger partial charge < -0.3 is 9.64 Å². The molecular formula is C26H27N3O4. The maximum Gasteiger partial charge on any atom is 0.219 e. The van der Waals surface area contributed by atoms with Crippen LogP contribution in [-0.4, -0.2) is 47.6 Å². The van der Waals surface area contributed by atoms with Crippen LogP contribution >= 0.6 is 0 Å². The van der Waals surface area contributed by atoms with Crippen molar-refractivity contribution in [2.24, 2.45) is 5.41 Å². The third-order valence-corrected chi connectivity index (χ3v) is 7.06. The minimum atomic E-state index is -0.834. The fourth-order valence-electron chi connectivity index (χ4n) is 5.24. The van der Waals surface area contributed by atoms with Crippen molar-refractivity contribution >= 4 is 17.5 Å². The Bertz CT molecular complexity index is 1140. The normalized spacial score (nSPS) is 18.3. The van der Waals surface area contributed by atoms with Gasteiger partial charge in [0.25, 0.3) is 0 Å². The van der Waals surface area contributed by atoms with E-state index in [0.717, 1.165) is 11.1 Å². The molecule has 0 radical (unpaired) electrons. The Morgan fingerprint density at radius 2 is 1.85 bits per heavy atom. The van der Waals surface area contributed by atoms with Gasteiger partial charge in [-0.3, -0.25) is 19.4 Å². The molecule has 2 aliphatic rings. The lowest BCUT2D eigenvalue weighted by Crippen LogP contribution is -2.48. The standard InChI is InChI=1S/C26H27N3O4/c1-16-10-19(20-5-4-18(14-27)15-28-20)11-23(33-3)24(16)25-21(31)12-26(13-22(25)32)6-8-29(9-7-26)17(2)30/h4-5,10-11,15,25H,6-9,12-13H2,1-3H3. The molecule has 170 valence electrons. The number of nitrogens with zero attached hydrogens (tertiary/aromatic N) is 3. The topological polar surface area (TPSA) is 100 Å². The van der Waals surface area contributed by atoms with Crippen LogP contribution in [0.25, 0.3) is 11.3 Å². The average Bonchev–Trinajstić information content (AvgIpc) is 2.79. The van der Waals surface area contributed by atoms with Crippen molar-refractivity contribution in [1.29, 1.82) is 5.26 Å². The first-order chi connectivity index (χ1) is 15.8. The highest BCUT2D eigenvalue weighted by molar-refractivity contribution is 6.11. The molecule has 1 amide bonds. The number of pyridine rings is 1. The lowest BCUT2D eigenvalue weighted by molar-refractivity contribution is -0.139. The monoisotopic (exact) mass is 445 g/mol. The van der Waals surface area contributed by atoms with E-state index in [2.05, 4.69) is 11.1 Å². The van der Waals surface area contributed by atoms with E-state index in [-0.39, 0.29) is 22.9 Å². The average molecular weight is 446 g/mol. The van der Waals surface area contributed by atoms with E-state index >= 15 is 0 Å². The molecule has 2 aromatic rings. The molecular weight excluding hydrogens is 418 g/mol. The van der Waals surface area contributed by atoms with Gasteiger partial charge in [0.15, 0.2) is 0 Å². The summed E-state index contributed by atoms with van der Waals surface area (Å²) >= 11 is 0. The molecule has 1 aromatic carbocycles. The van der Waals surface area contributed by atoms with Crippen LogP contribution in [0.1, 0.15) is 55.2 Å². The zero-order valence-corrected chi connectivity index (χ0v) is 19.2. The molecule has 2 fully saturated rings. The summed E-state index contributed by atoms with van der Waals surface area (Å²) in [6.07, 6.45) is 3.55. The van der Waals surface area contributed by atoms with Crippen LogP contribution in [0.4, 0.5) is 0 Å². The highest BCUT2D eigenvalue weighted by Crippen LogP contribution is 2.48. The largest absolute Gasteiger partial charge is 0.496 e. The zero-order valence-electron chi connectivity index (χ0n) is 19.2. The fourth-order valence-corrected chi connectivity index (χ4v) is 5.24. The number of carbonyl (C=O) groups excluding carboxylic acids is 3. The first-order valence-corrected chi connectivity index (χ1v) is 11.1. The molecule has 0 N–H and O–H groups in total. The number of likely N-dealkylation sites (tertiary alicyclic amines) is 1. The van der Waals surface area contributed by atoms with Crippen molar-refractivity contribution in [2.45, 2.75) is 45.4 Å². The minimum Gasteiger partial charge on any atom is -0.496 e. The first-order valence-electron chi connectivity index (χ1n) is 11.1. The van der Waals surface area contributed by atoms with Gasteiger partial charge in [0.2, 0.25) is 5.91 Å². The molecule has 0 atom stereocenters. The third-order valence-electron chi connectivity index (χ3n) is 7.06. The van der Waals surface area contributed by atoms with Crippen molar-refractivity contribution in [3.8, 4) is 23.1 Å². The van der Waals surface area contributed by atoms with Crippen LogP contribution in [0.5, 0.6) is 5.75 Å². The SMILES string of the molecule is COc1cc(-c2ccc(C#N)cn2)cc(C)c1C1C(=O)CC2(CCN(C(C)=O)CC2)CC1=O. The molecule has 7 heteroatoms. The predicted octanol–water partition coefficient (Wildman–Crippen LogP) is 3.58. The van der Waals surface area contributed by atoms with Crippen molar-refractivity contribution in [1.82, 2.24) is 9.88 Å². The Labute approximate surface area is 193 Å². The molecule has 1 saturated carbocycles. The highest BCUT2D eigenvalue weighted by atomic mass is 16.5. The second-order valence-electron chi connectivity index (χ2n) is 9.18. The van der Waals surface area contributed by atoms with Gasteiger partial charge >= 0.3 is 0 Å². The van der Waals surface area contributed by atoms with Crippen LogP contribution in [0, 0.1) is 23.7 Å². The van der Waals surface area contributed by atoms with Crippen LogP contribution < -0.4 is 4.74 Å². The highest BCUT2D eigenvalue weighted by Gasteiger charge is 2.48. The van der Waals surface area contributed by atoms with Gasteiger partial charge in [0.1, 0.15) is 29.3 Å². The second-order valence-corrected chi connectivity index (χ2v) is 9.18. The number of Topliss-reactive ketones (excluding diaryl/α,β-unsaturated/α-hetero) is 2. The summed E-state index contributed by atoms with van der Waals surface area (Å²) in [6, 6.07) is 9.22. The number of aromatic nitrogens is 1. The van der Waals surface area contributed by atoms with Crippen LogP contribution in [0.2, 0.25) is 0 Å². The van der Waals surface area contributed by atoms with E-state index in [1.54, 1.807) is 30.0 Å². The number of nitriles is 1. The van der Waals surface area contributed by atoms with Crippen molar-refractivity contribution < 1.29 is 19.1 Å². The predicted molar refractivity (Wildman–Crippen MR) is 122 cm³/mol. The number of rotatable bonds is 3. The number of piperidine rings is 1. The molecule has 1 aliphatic carbocycles. The van der Waals surface area contributed by atoms with Crippen LogP contribution in [-0.2, 0) is 14.4 Å². The fraction of sp³-hybridized carbons (Fsp3) is 0.423. The Morgan fingerprint density at radius 3 is 2.36 bits per heavy atom. The number of ether oxygens (including phenoxy) is 1. The van der Waals surface area contributed by atoms with Crippen molar-refractivity contribution in [3.05, 3.63) is 47.2 Å². The van der Waals surface area contributed by atoms with Gasteiger partial charge in [-0.05, 0) is 55.0 Å². The molecule has 1 aromatic heterocycles. The van der Waals surface area contributed by atoms with Crippen LogP contribution in [0.3, 0.4) is 0 Å². The van der Waals surface area contributed by atoms with E-state index < -0.39 is 5.92 Å². The Balaban J connectivity index is 1.62. The van der Waals surface area contributed by atoms with E-state index in [1.165, 1.54) is 13.3 Å². The smallest absolute Gasteiger partial charge is 0.219 e. The Morgan fingerprint density at radius 1 is 1.18 bits per heavy atom. The van der Waals surface area contributed by atoms with E-state index in [9.17, 15) is 14.4 Å². The summed E-state index contributed by atoms with van der Waals surface area (Å²) < 4.78 is 5.63. The summed E-state index contributed by atoms with van der Waals surface area (Å²) in [5.41, 5.74) is 3.02. The Kier molecular flexibility index (Phi) is 6.03. The molecule has 0 unspecified atom stereocenters. The molecule has 33 heavy (non-hydrogen) atoms. The maximum atomic E-state index is 13.3. The summed E-state index contributed by atoms with van der Waals surface area (Å²) in [7, 11) is 1.53. The summed E-state index contributed by atoms with van der Waals surface area (Å²) in [5, 5.41) is 8.99. The molecule has 7 nitrogen and oxygen atoms in total. The van der Waals surface area contributed by atoms with Crippen LogP contribution in [0.15, 0.2) is 30.5 Å². The summed E-state index contributed by atoms with van der Waals surface area (Å²) in [4.78, 5) is 44.5. The van der Waals surface area contributed by atoms with Crippen molar-refractivity contribution in [2.75, 3.05) is 20.2 Å². The zero-order chi connectivity index (χ0) is 23.8. The lowest BCUT2D eigenvalue weighted by Gasteiger charge is -2.44. The number of methoxy groups -OCH3 is 1. The molecule has 0 bridgehead atoms. The number of hydrogen-bond donors (Lipinski definition) is 0. The summed E-state index contributed by atoms with van der Waals surface area (Å²) in [6.45, 7) is 4.61. The number of carbonyl (C=O) groups is 3. The molecule has 1 spiro atoms. The van der Waals surface area contributed by atoms with Gasteiger partial charge in [0.05, 0.1) is 18.4 Å². The molecule has 4 rings (SSSR count). The quantitative estimate of drug-likeness (QED) is 0.670. The third kappa shape index (κ3) is 4.25. The Hall–Kier alpha value is -3.53. The number of amides is 1. The molecule has 1 aliphatic heterocycles. The number of hydrogen-bond acceptors (Lipinski definition) is 6. The molecule has 2 heterocycles. The lowest BCUT2D eigenvalue weighted by atomic mass is 9.63. The van der Waals surface area contributed by atoms with E-state index in [0.29, 0.717) is 61.3 Å². The minimum absolute atomic E-state index is 0.0355. The van der Waals surface area contributed by atoms with Gasteiger partial charge in [-0.2, -0.15) is 5.26 Å². The van der Waals surface area contributed by atoms with E-state index in [4.69, 9.17) is 10.00 Å². The summed E-state index contributed by atoms with van der Waals surface area (Å²) in [5.74, 6) is -0.459. The van der Waals surface area contributed by atoms with Gasteiger partial charge in [-0.15, -0.1) is 0 Å².